The number of nitrogens with one attached hydrogen (secondary N) is 2. The van der Waals surface area contributed by atoms with E-state index in [9.17, 15) is 14.9 Å². The monoisotopic (exact) mass is 379 g/mol. The van der Waals surface area contributed by atoms with Gasteiger partial charge in [0.15, 0.2) is 5.82 Å². The number of benzene rings is 2. The molecule has 0 saturated carbocycles. The quantitative estimate of drug-likeness (QED) is 0.402. The highest BCUT2D eigenvalue weighted by molar-refractivity contribution is 6.11. The number of carbonyl (C=O) groups is 1. The maximum Gasteiger partial charge on any atom is 0.325 e. The van der Waals surface area contributed by atoms with E-state index in [0.29, 0.717) is 28.4 Å². The molecule has 0 saturated heterocycles. The molecule has 0 fully saturated rings. The number of ether oxygens (including phenoxy) is 1. The van der Waals surface area contributed by atoms with Crippen LogP contribution in [0.5, 0.6) is 5.75 Å². The fourth-order valence-electron chi connectivity index (χ4n) is 2.59. The number of nitro groups is 1. The second-order valence-corrected chi connectivity index (χ2v) is 5.77. The molecule has 0 spiro atoms. The molecule has 10 heteroatoms. The van der Waals surface area contributed by atoms with E-state index in [2.05, 4.69) is 20.6 Å². The van der Waals surface area contributed by atoms with E-state index in [4.69, 9.17) is 9.15 Å². The van der Waals surface area contributed by atoms with Crippen LogP contribution < -0.4 is 15.4 Å². The molecule has 1 aliphatic heterocycles. The van der Waals surface area contributed by atoms with Gasteiger partial charge >= 0.3 is 6.01 Å². The summed E-state index contributed by atoms with van der Waals surface area (Å²) >= 11 is 0. The van der Waals surface area contributed by atoms with Gasteiger partial charge in [-0.25, -0.2) is 4.99 Å². The van der Waals surface area contributed by atoms with E-state index in [1.807, 2.05) is 0 Å². The Labute approximate surface area is 158 Å². The van der Waals surface area contributed by atoms with Gasteiger partial charge < -0.3 is 14.5 Å². The third-order valence-electron chi connectivity index (χ3n) is 4.00. The van der Waals surface area contributed by atoms with E-state index in [-0.39, 0.29) is 23.5 Å². The van der Waals surface area contributed by atoms with Crippen LogP contribution in [-0.4, -0.2) is 29.1 Å². The minimum atomic E-state index is -0.478. The van der Waals surface area contributed by atoms with E-state index in [1.54, 1.807) is 30.3 Å². The number of non-ortho nitro benzene ring substituents is 1. The molecule has 0 aliphatic carbocycles. The van der Waals surface area contributed by atoms with Gasteiger partial charge in [-0.1, -0.05) is 0 Å². The summed E-state index contributed by atoms with van der Waals surface area (Å²) in [4.78, 5) is 31.0. The van der Waals surface area contributed by atoms with Gasteiger partial charge in [0.25, 0.3) is 11.6 Å². The smallest absolute Gasteiger partial charge is 0.325 e. The average Bonchev–Trinajstić information content (AvgIpc) is 3.02. The van der Waals surface area contributed by atoms with Crippen molar-refractivity contribution in [1.29, 1.82) is 0 Å². The summed E-state index contributed by atoms with van der Waals surface area (Å²) in [7, 11) is 1.52. The first-order chi connectivity index (χ1) is 13.5. The van der Waals surface area contributed by atoms with Gasteiger partial charge in [0.1, 0.15) is 5.75 Å². The van der Waals surface area contributed by atoms with Crippen molar-refractivity contribution in [2.24, 2.45) is 4.99 Å². The molecule has 1 aromatic heterocycles. The lowest BCUT2D eigenvalue weighted by Gasteiger charge is -2.07. The number of carbonyl (C=O) groups excluding carboxylic acids is 1. The lowest BCUT2D eigenvalue weighted by atomic mass is 10.1. The van der Waals surface area contributed by atoms with Gasteiger partial charge in [0.05, 0.1) is 23.3 Å². The maximum atomic E-state index is 12.4. The van der Waals surface area contributed by atoms with Gasteiger partial charge in [0.2, 0.25) is 5.88 Å². The van der Waals surface area contributed by atoms with Crippen molar-refractivity contribution in [3.05, 3.63) is 63.7 Å². The van der Waals surface area contributed by atoms with Crippen molar-refractivity contribution in [1.82, 2.24) is 4.98 Å². The summed E-state index contributed by atoms with van der Waals surface area (Å²) < 4.78 is 10.6. The highest BCUT2D eigenvalue weighted by Crippen LogP contribution is 2.35. The Morgan fingerprint density at radius 1 is 1.21 bits per heavy atom. The number of aromatic nitrogens is 1. The third kappa shape index (κ3) is 3.26. The molecule has 0 unspecified atom stereocenters. The zero-order chi connectivity index (χ0) is 19.7. The number of aliphatic imine (C=N–C) groups is 1. The van der Waals surface area contributed by atoms with Crippen molar-refractivity contribution in [3.63, 3.8) is 0 Å². The van der Waals surface area contributed by atoms with Crippen LogP contribution in [0.25, 0.3) is 0 Å². The normalized spacial score (nSPS) is 12.5. The van der Waals surface area contributed by atoms with Crippen molar-refractivity contribution in [2.75, 3.05) is 17.7 Å². The molecule has 10 nitrogen and oxygen atoms in total. The summed E-state index contributed by atoms with van der Waals surface area (Å²) in [5.41, 5.74) is 1.57. The second-order valence-electron chi connectivity index (χ2n) is 5.77. The molecular weight excluding hydrogens is 366 g/mol. The van der Waals surface area contributed by atoms with Crippen molar-refractivity contribution < 1.29 is 18.9 Å². The van der Waals surface area contributed by atoms with Crippen LogP contribution >= 0.6 is 0 Å². The van der Waals surface area contributed by atoms with E-state index in [0.717, 1.165) is 0 Å². The first kappa shape index (κ1) is 17.2. The standard InChI is InChI=1S/C18H13N5O5/c1-27-12-6-7-14-13(8-12)16(24)22-17-15(20-14)21-18(28-17)19-9-10-2-4-11(5-3-10)23(25)26/h2-9,20H,1H3,(H,22,24). The number of rotatable bonds is 4. The van der Waals surface area contributed by atoms with Crippen LogP contribution in [-0.2, 0) is 0 Å². The summed E-state index contributed by atoms with van der Waals surface area (Å²) in [6.45, 7) is 0. The summed E-state index contributed by atoms with van der Waals surface area (Å²) in [5.74, 6) is 0.627. The molecule has 28 heavy (non-hydrogen) atoms. The Morgan fingerprint density at radius 3 is 2.71 bits per heavy atom. The number of nitrogens with zero attached hydrogens (tertiary/aromatic N) is 3. The Balaban J connectivity index is 1.58. The van der Waals surface area contributed by atoms with Gasteiger partial charge in [0, 0.05) is 18.3 Å². The van der Waals surface area contributed by atoms with Crippen molar-refractivity contribution >= 4 is 41.2 Å². The Kier molecular flexibility index (Phi) is 4.20. The van der Waals surface area contributed by atoms with E-state index >= 15 is 0 Å². The number of methoxy groups -OCH3 is 1. The summed E-state index contributed by atoms with van der Waals surface area (Å²) in [5, 5.41) is 16.3. The van der Waals surface area contributed by atoms with Crippen molar-refractivity contribution in [2.45, 2.75) is 0 Å². The molecule has 2 N–H and O–H groups in total. The highest BCUT2D eigenvalue weighted by Gasteiger charge is 2.24. The predicted octanol–water partition coefficient (Wildman–Crippen LogP) is 3.65. The number of anilines is 3. The van der Waals surface area contributed by atoms with Crippen LogP contribution in [0.4, 0.5) is 29.1 Å². The number of amides is 1. The molecule has 1 amide bonds. The average molecular weight is 379 g/mol. The number of hydrogen-bond donors (Lipinski definition) is 2. The minimum absolute atomic E-state index is 0.0119. The zero-order valence-corrected chi connectivity index (χ0v) is 14.5. The van der Waals surface area contributed by atoms with Crippen LogP contribution in [0, 0.1) is 10.1 Å². The highest BCUT2D eigenvalue weighted by atomic mass is 16.6. The first-order valence-corrected chi connectivity index (χ1v) is 8.09. The molecule has 0 bridgehead atoms. The topological polar surface area (TPSA) is 132 Å². The molecule has 1 aliphatic rings. The first-order valence-electron chi connectivity index (χ1n) is 8.09. The van der Waals surface area contributed by atoms with E-state index < -0.39 is 4.92 Å². The van der Waals surface area contributed by atoms with Gasteiger partial charge in [-0.3, -0.25) is 20.2 Å². The summed E-state index contributed by atoms with van der Waals surface area (Å²) in [6.07, 6.45) is 1.45. The van der Waals surface area contributed by atoms with Crippen LogP contribution in [0.2, 0.25) is 0 Å². The molecule has 2 heterocycles. The minimum Gasteiger partial charge on any atom is -0.497 e. The maximum absolute atomic E-state index is 12.4. The Bertz CT molecular complexity index is 1100. The molecule has 140 valence electrons. The van der Waals surface area contributed by atoms with Crippen LogP contribution in [0.15, 0.2) is 51.9 Å². The van der Waals surface area contributed by atoms with Gasteiger partial charge in [-0.2, -0.15) is 4.98 Å². The number of oxazole rings is 1. The number of fused-ring (bicyclic) bond motifs is 2. The third-order valence-corrected chi connectivity index (χ3v) is 4.00. The predicted molar refractivity (Wildman–Crippen MR) is 101 cm³/mol. The largest absolute Gasteiger partial charge is 0.497 e. The number of nitro benzene ring substituents is 1. The second kappa shape index (κ2) is 6.83. The Morgan fingerprint density at radius 2 is 2.00 bits per heavy atom. The molecule has 4 rings (SSSR count). The molecule has 0 radical (unpaired) electrons. The van der Waals surface area contributed by atoms with Gasteiger partial charge in [-0.05, 0) is 35.9 Å². The molecule has 3 aromatic rings. The lowest BCUT2D eigenvalue weighted by Crippen LogP contribution is -2.10. The molecule has 2 aromatic carbocycles. The SMILES string of the molecule is COc1ccc2c(c1)C(=O)Nc1oc(N=Cc3ccc([N+](=O)[O-])cc3)nc1N2. The fraction of sp³-hybridized carbons (Fsp3) is 0.0556. The van der Waals surface area contributed by atoms with Crippen molar-refractivity contribution in [3.8, 4) is 5.75 Å². The van der Waals surface area contributed by atoms with E-state index in [1.165, 1.54) is 25.5 Å². The number of hydrogen-bond acceptors (Lipinski definition) is 8. The molecular formula is C18H13N5O5. The lowest BCUT2D eigenvalue weighted by molar-refractivity contribution is -0.384. The molecule has 0 atom stereocenters. The van der Waals surface area contributed by atoms with Crippen LogP contribution in [0.3, 0.4) is 0 Å². The fourth-order valence-corrected chi connectivity index (χ4v) is 2.59. The summed E-state index contributed by atoms with van der Waals surface area (Å²) in [6, 6.07) is 10.9. The van der Waals surface area contributed by atoms with Gasteiger partial charge in [-0.15, -0.1) is 0 Å². The van der Waals surface area contributed by atoms with Crippen LogP contribution in [0.1, 0.15) is 15.9 Å². The zero-order valence-electron chi connectivity index (χ0n) is 14.5. The Hall–Kier alpha value is -4.21.